The van der Waals surface area contributed by atoms with E-state index in [1.54, 1.807) is 0 Å². The summed E-state index contributed by atoms with van der Waals surface area (Å²) in [4.78, 5) is 22.7. The Balaban J connectivity index is 1.66. The van der Waals surface area contributed by atoms with E-state index in [2.05, 4.69) is 10.6 Å². The van der Waals surface area contributed by atoms with Crippen molar-refractivity contribution in [1.29, 1.82) is 0 Å². The Hall–Kier alpha value is -3.12. The van der Waals surface area contributed by atoms with Crippen LogP contribution in [0.15, 0.2) is 41.3 Å². The lowest BCUT2D eigenvalue weighted by molar-refractivity contribution is -0.123. The van der Waals surface area contributed by atoms with E-state index in [4.69, 9.17) is 21.4 Å². The van der Waals surface area contributed by atoms with Crippen LogP contribution in [0.4, 0.5) is 25.0 Å². The molecule has 1 aliphatic carbocycles. The molecule has 1 fully saturated rings. The third kappa shape index (κ3) is 4.81. The lowest BCUT2D eigenvalue weighted by Gasteiger charge is -2.35. The predicted octanol–water partition coefficient (Wildman–Crippen LogP) is 3.00. The molecule has 2 aliphatic rings. The van der Waals surface area contributed by atoms with E-state index in [0.29, 0.717) is 0 Å². The van der Waals surface area contributed by atoms with Crippen LogP contribution in [0.2, 0.25) is 5.02 Å². The average Bonchev–Trinajstić information content (AvgIpc) is 3.49. The van der Waals surface area contributed by atoms with Crippen LogP contribution in [0.1, 0.15) is 6.42 Å². The lowest BCUT2D eigenvalue weighted by atomic mass is 10.2. The minimum absolute atomic E-state index is 0.0373. The number of sulfonamides is 1. The molecule has 2 aromatic rings. The van der Waals surface area contributed by atoms with Gasteiger partial charge in [-0.05, 0) is 42.8 Å². The van der Waals surface area contributed by atoms with E-state index in [0.717, 1.165) is 22.5 Å². The quantitative estimate of drug-likeness (QED) is 0.559. The van der Waals surface area contributed by atoms with Crippen LogP contribution in [-0.4, -0.2) is 50.9 Å². The van der Waals surface area contributed by atoms with Gasteiger partial charge in [0.25, 0.3) is 10.0 Å². The molecule has 1 saturated carbocycles. The van der Waals surface area contributed by atoms with Crippen LogP contribution in [0.5, 0.6) is 5.75 Å². The Morgan fingerprint density at radius 2 is 1.97 bits per heavy atom. The zero-order chi connectivity index (χ0) is 23.9. The SMILES string of the molecule is O=C(O)Nc1ccc2c(c1)N(S(=O)(=O)c1ccc(F)c(Cl)c1)C[C@H](CNC(=O)[C@@H]1C[C@@H]1F)O2. The number of carbonyl (C=O) groups excluding carboxylic acids is 1. The van der Waals surface area contributed by atoms with Crippen molar-refractivity contribution in [1.82, 2.24) is 5.32 Å². The zero-order valence-corrected chi connectivity index (χ0v) is 18.4. The molecule has 0 bridgehead atoms. The molecule has 2 aromatic carbocycles. The van der Waals surface area contributed by atoms with Crippen LogP contribution in [0.3, 0.4) is 0 Å². The number of halogens is 3. The molecular weight excluding hydrogens is 484 g/mol. The molecule has 0 spiro atoms. The van der Waals surface area contributed by atoms with Gasteiger partial charge in [0.2, 0.25) is 5.91 Å². The van der Waals surface area contributed by atoms with E-state index in [1.807, 2.05) is 0 Å². The highest BCUT2D eigenvalue weighted by molar-refractivity contribution is 7.92. The van der Waals surface area contributed by atoms with Gasteiger partial charge < -0.3 is 15.2 Å². The lowest BCUT2D eigenvalue weighted by Crippen LogP contribution is -2.48. The molecule has 0 radical (unpaired) electrons. The average molecular weight is 502 g/mol. The van der Waals surface area contributed by atoms with Crippen molar-refractivity contribution in [2.75, 3.05) is 22.7 Å². The van der Waals surface area contributed by atoms with Gasteiger partial charge in [-0.15, -0.1) is 0 Å². The Labute approximate surface area is 192 Å². The number of anilines is 2. The Morgan fingerprint density at radius 3 is 2.61 bits per heavy atom. The molecule has 0 unspecified atom stereocenters. The largest absolute Gasteiger partial charge is 0.484 e. The Kier molecular flexibility index (Phi) is 6.06. The van der Waals surface area contributed by atoms with Gasteiger partial charge in [0.1, 0.15) is 23.8 Å². The zero-order valence-electron chi connectivity index (χ0n) is 16.8. The first-order valence-corrected chi connectivity index (χ1v) is 11.6. The van der Waals surface area contributed by atoms with Crippen LogP contribution in [-0.2, 0) is 14.8 Å². The predicted molar refractivity (Wildman–Crippen MR) is 114 cm³/mol. The van der Waals surface area contributed by atoms with Crippen LogP contribution >= 0.6 is 11.6 Å². The summed E-state index contributed by atoms with van der Waals surface area (Å²) >= 11 is 5.77. The topological polar surface area (TPSA) is 125 Å². The highest BCUT2D eigenvalue weighted by Gasteiger charge is 2.44. The molecular formula is C20H18ClF2N3O6S. The van der Waals surface area contributed by atoms with Crippen molar-refractivity contribution in [2.24, 2.45) is 5.92 Å². The van der Waals surface area contributed by atoms with Crippen molar-refractivity contribution >= 4 is 45.0 Å². The summed E-state index contributed by atoms with van der Waals surface area (Å²) in [6.45, 7) is -0.350. The summed E-state index contributed by atoms with van der Waals surface area (Å²) < 4.78 is 60.3. The molecule has 3 atom stereocenters. The molecule has 1 heterocycles. The second-order valence-electron chi connectivity index (χ2n) is 7.57. The molecule has 33 heavy (non-hydrogen) atoms. The number of amides is 2. The fourth-order valence-electron chi connectivity index (χ4n) is 3.39. The first-order chi connectivity index (χ1) is 15.6. The number of carboxylic acid groups (broad SMARTS) is 1. The second-order valence-corrected chi connectivity index (χ2v) is 9.84. The van der Waals surface area contributed by atoms with E-state index < -0.39 is 46.0 Å². The van der Waals surface area contributed by atoms with Gasteiger partial charge >= 0.3 is 6.09 Å². The van der Waals surface area contributed by atoms with Crippen LogP contribution < -0.4 is 19.7 Å². The highest BCUT2D eigenvalue weighted by Crippen LogP contribution is 2.39. The summed E-state index contributed by atoms with van der Waals surface area (Å²) in [6, 6.07) is 6.97. The fourth-order valence-corrected chi connectivity index (χ4v) is 5.16. The van der Waals surface area contributed by atoms with Crippen molar-refractivity contribution < 1.29 is 36.6 Å². The maximum atomic E-state index is 13.6. The smallest absolute Gasteiger partial charge is 0.409 e. The van der Waals surface area contributed by atoms with Gasteiger partial charge in [-0.2, -0.15) is 0 Å². The summed E-state index contributed by atoms with van der Waals surface area (Å²) in [5.41, 5.74) is 0.131. The molecule has 4 rings (SSSR count). The summed E-state index contributed by atoms with van der Waals surface area (Å²) in [7, 11) is -4.29. The third-order valence-corrected chi connectivity index (χ3v) is 7.24. The van der Waals surface area contributed by atoms with Crippen molar-refractivity contribution in [3.63, 3.8) is 0 Å². The molecule has 1 aliphatic heterocycles. The van der Waals surface area contributed by atoms with Crippen molar-refractivity contribution in [3.05, 3.63) is 47.2 Å². The Bertz CT molecular complexity index is 1230. The van der Waals surface area contributed by atoms with Gasteiger partial charge in [-0.1, -0.05) is 11.6 Å². The van der Waals surface area contributed by atoms with Crippen molar-refractivity contribution in [2.45, 2.75) is 23.6 Å². The fraction of sp³-hybridized carbons (Fsp3) is 0.300. The Morgan fingerprint density at radius 1 is 1.24 bits per heavy atom. The number of nitrogens with one attached hydrogen (secondary N) is 2. The maximum absolute atomic E-state index is 13.6. The molecule has 3 N–H and O–H groups in total. The van der Waals surface area contributed by atoms with Gasteiger partial charge in [0.15, 0.2) is 0 Å². The number of carbonyl (C=O) groups is 2. The number of alkyl halides is 1. The third-order valence-electron chi connectivity index (χ3n) is 5.17. The summed E-state index contributed by atoms with van der Waals surface area (Å²) in [6.07, 6.45) is -3.22. The maximum Gasteiger partial charge on any atom is 0.409 e. The number of ether oxygens (including phenoxy) is 1. The first kappa shape index (κ1) is 23.1. The van der Waals surface area contributed by atoms with Gasteiger partial charge in [-0.3, -0.25) is 14.4 Å². The summed E-state index contributed by atoms with van der Waals surface area (Å²) in [5.74, 6) is -1.88. The first-order valence-electron chi connectivity index (χ1n) is 9.76. The number of rotatable bonds is 6. The van der Waals surface area contributed by atoms with Gasteiger partial charge in [0.05, 0.1) is 34.6 Å². The molecule has 9 nitrogen and oxygen atoms in total. The number of hydrogen-bond donors (Lipinski definition) is 3. The number of fused-ring (bicyclic) bond motifs is 1. The monoisotopic (exact) mass is 501 g/mol. The standard InChI is InChI=1S/C20H18ClF2N3O6S/c21-14-6-12(2-3-15(14)22)33(30,31)26-9-11(8-24-19(27)13-7-16(13)23)32-18-4-1-10(5-17(18)26)25-20(28)29/h1-6,11,13,16,25H,7-9H2,(H,24,27)(H,28,29)/t11-,13+,16-/m0/s1. The molecule has 13 heteroatoms. The van der Waals surface area contributed by atoms with E-state index in [9.17, 15) is 26.8 Å². The minimum Gasteiger partial charge on any atom is -0.484 e. The van der Waals surface area contributed by atoms with Gasteiger partial charge in [0, 0.05) is 5.69 Å². The van der Waals surface area contributed by atoms with Crippen molar-refractivity contribution in [3.8, 4) is 5.75 Å². The molecule has 0 saturated heterocycles. The van der Waals surface area contributed by atoms with E-state index in [-0.39, 0.29) is 46.6 Å². The number of nitrogens with zero attached hydrogens (tertiary/aromatic N) is 1. The van der Waals surface area contributed by atoms with Crippen LogP contribution in [0.25, 0.3) is 0 Å². The molecule has 0 aromatic heterocycles. The van der Waals surface area contributed by atoms with E-state index in [1.165, 1.54) is 18.2 Å². The van der Waals surface area contributed by atoms with E-state index >= 15 is 0 Å². The van der Waals surface area contributed by atoms with Gasteiger partial charge in [-0.25, -0.2) is 22.0 Å². The summed E-state index contributed by atoms with van der Waals surface area (Å²) in [5, 5.41) is 13.3. The highest BCUT2D eigenvalue weighted by atomic mass is 35.5. The normalized spacial score (nSPS) is 21.5. The molecule has 176 valence electrons. The molecule has 2 amide bonds. The number of benzene rings is 2. The van der Waals surface area contributed by atoms with Crippen LogP contribution in [0, 0.1) is 11.7 Å². The minimum atomic E-state index is -4.29. The number of hydrogen-bond acceptors (Lipinski definition) is 5. The second kappa shape index (κ2) is 8.67.